The van der Waals surface area contributed by atoms with E-state index in [0.29, 0.717) is 0 Å². The summed E-state index contributed by atoms with van der Waals surface area (Å²) in [6.45, 7) is 6.40. The molecule has 1 rings (SSSR count). The van der Waals surface area contributed by atoms with Gasteiger partial charge in [0.1, 0.15) is 11.6 Å². The first kappa shape index (κ1) is 10.9. The molecule has 2 atom stereocenters. The van der Waals surface area contributed by atoms with Crippen molar-refractivity contribution in [1.29, 1.82) is 0 Å². The van der Waals surface area contributed by atoms with Crippen LogP contribution < -0.4 is 5.32 Å². The molecule has 0 radical (unpaired) electrons. The SMILES string of the molecule is CC(C)(C)OC(=O)[C@@H]1C[C@@H](S)CN1. The van der Waals surface area contributed by atoms with E-state index in [4.69, 9.17) is 4.74 Å². The predicted molar refractivity (Wildman–Crippen MR) is 55.0 cm³/mol. The summed E-state index contributed by atoms with van der Waals surface area (Å²) in [5.41, 5.74) is -0.395. The van der Waals surface area contributed by atoms with Gasteiger partial charge in [-0.05, 0) is 27.2 Å². The van der Waals surface area contributed by atoms with Crippen LogP contribution in [0.1, 0.15) is 27.2 Å². The Morgan fingerprint density at radius 2 is 2.15 bits per heavy atom. The lowest BCUT2D eigenvalue weighted by atomic mass is 10.2. The molecule has 1 heterocycles. The average Bonchev–Trinajstić information content (AvgIpc) is 2.31. The Hall–Kier alpha value is -0.220. The maximum absolute atomic E-state index is 11.5. The molecule has 1 N–H and O–H groups in total. The molecule has 1 aliphatic rings. The minimum absolute atomic E-state index is 0.163. The second-order valence-corrected chi connectivity index (χ2v) is 5.11. The molecular weight excluding hydrogens is 186 g/mol. The number of carbonyl (C=O) groups excluding carboxylic acids is 1. The highest BCUT2D eigenvalue weighted by atomic mass is 32.1. The van der Waals surface area contributed by atoms with Gasteiger partial charge in [0.15, 0.2) is 0 Å². The Bertz CT molecular complexity index is 200. The Labute approximate surface area is 84.6 Å². The molecule has 4 heteroatoms. The molecule has 0 amide bonds. The molecule has 0 bridgehead atoms. The molecule has 0 unspecified atom stereocenters. The monoisotopic (exact) mass is 203 g/mol. The van der Waals surface area contributed by atoms with Crippen molar-refractivity contribution in [1.82, 2.24) is 5.32 Å². The third-order valence-corrected chi connectivity index (χ3v) is 2.19. The predicted octanol–water partition coefficient (Wildman–Crippen LogP) is 0.988. The summed E-state index contributed by atoms with van der Waals surface area (Å²) in [4.78, 5) is 11.5. The van der Waals surface area contributed by atoms with E-state index in [1.54, 1.807) is 0 Å². The topological polar surface area (TPSA) is 38.3 Å². The van der Waals surface area contributed by atoms with Crippen LogP contribution in [0.3, 0.4) is 0 Å². The minimum atomic E-state index is -0.395. The first-order chi connectivity index (χ1) is 5.88. The van der Waals surface area contributed by atoms with Gasteiger partial charge in [-0.3, -0.25) is 4.79 Å². The molecule has 76 valence electrons. The van der Waals surface area contributed by atoms with Crippen LogP contribution in [0.25, 0.3) is 0 Å². The fraction of sp³-hybridized carbons (Fsp3) is 0.889. The number of ether oxygens (including phenoxy) is 1. The van der Waals surface area contributed by atoms with Crippen molar-refractivity contribution in [3.8, 4) is 0 Å². The largest absolute Gasteiger partial charge is 0.459 e. The second kappa shape index (κ2) is 3.88. The molecule has 0 spiro atoms. The summed E-state index contributed by atoms with van der Waals surface area (Å²) < 4.78 is 5.23. The number of carbonyl (C=O) groups is 1. The lowest BCUT2D eigenvalue weighted by Crippen LogP contribution is -2.37. The molecule has 0 saturated carbocycles. The van der Waals surface area contributed by atoms with Gasteiger partial charge in [0.2, 0.25) is 0 Å². The molecule has 0 aliphatic carbocycles. The van der Waals surface area contributed by atoms with Gasteiger partial charge in [-0.2, -0.15) is 12.6 Å². The van der Waals surface area contributed by atoms with E-state index in [0.717, 1.165) is 13.0 Å². The average molecular weight is 203 g/mol. The van der Waals surface area contributed by atoms with E-state index in [9.17, 15) is 4.79 Å². The van der Waals surface area contributed by atoms with Crippen molar-refractivity contribution in [3.63, 3.8) is 0 Å². The van der Waals surface area contributed by atoms with Gasteiger partial charge >= 0.3 is 5.97 Å². The summed E-state index contributed by atoms with van der Waals surface area (Å²) in [6.07, 6.45) is 0.762. The van der Waals surface area contributed by atoms with Crippen molar-refractivity contribution < 1.29 is 9.53 Å². The Morgan fingerprint density at radius 1 is 1.54 bits per heavy atom. The molecule has 3 nitrogen and oxygen atoms in total. The Morgan fingerprint density at radius 3 is 2.54 bits per heavy atom. The number of thiol groups is 1. The zero-order valence-corrected chi connectivity index (χ0v) is 9.23. The van der Waals surface area contributed by atoms with E-state index < -0.39 is 5.60 Å². The van der Waals surface area contributed by atoms with Crippen LogP contribution >= 0.6 is 12.6 Å². The molecular formula is C9H17NO2S. The fourth-order valence-electron chi connectivity index (χ4n) is 1.27. The van der Waals surface area contributed by atoms with E-state index >= 15 is 0 Å². The number of rotatable bonds is 1. The smallest absolute Gasteiger partial charge is 0.323 e. The van der Waals surface area contributed by atoms with Gasteiger partial charge in [0.25, 0.3) is 0 Å². The van der Waals surface area contributed by atoms with Gasteiger partial charge < -0.3 is 10.1 Å². The van der Waals surface area contributed by atoms with Crippen molar-refractivity contribution >= 4 is 18.6 Å². The van der Waals surface area contributed by atoms with Crippen molar-refractivity contribution in [2.75, 3.05) is 6.54 Å². The van der Waals surface area contributed by atoms with E-state index in [1.807, 2.05) is 20.8 Å². The van der Waals surface area contributed by atoms with Gasteiger partial charge in [0.05, 0.1) is 0 Å². The summed E-state index contributed by atoms with van der Waals surface area (Å²) >= 11 is 4.29. The zero-order valence-electron chi connectivity index (χ0n) is 8.33. The standard InChI is InChI=1S/C9H17NO2S/c1-9(2,3)12-8(11)7-4-6(13)5-10-7/h6-7,10,13H,4-5H2,1-3H3/t6-,7+/m1/s1. The van der Waals surface area contributed by atoms with Crippen molar-refractivity contribution in [3.05, 3.63) is 0 Å². The number of esters is 1. The van der Waals surface area contributed by atoms with Crippen LogP contribution in [0.15, 0.2) is 0 Å². The molecule has 1 aliphatic heterocycles. The van der Waals surface area contributed by atoms with E-state index in [-0.39, 0.29) is 17.3 Å². The summed E-state index contributed by atoms with van der Waals surface area (Å²) in [5.74, 6) is -0.163. The third kappa shape index (κ3) is 3.56. The highest BCUT2D eigenvalue weighted by Crippen LogP contribution is 2.16. The van der Waals surface area contributed by atoms with Crippen molar-refractivity contribution in [2.24, 2.45) is 0 Å². The second-order valence-electron chi connectivity index (χ2n) is 4.38. The molecule has 1 fully saturated rings. The van der Waals surface area contributed by atoms with Gasteiger partial charge in [-0.1, -0.05) is 0 Å². The molecule has 0 aromatic heterocycles. The Kier molecular flexibility index (Phi) is 3.24. The molecule has 0 aromatic carbocycles. The van der Waals surface area contributed by atoms with Crippen LogP contribution in [0.2, 0.25) is 0 Å². The van der Waals surface area contributed by atoms with E-state index in [1.165, 1.54) is 0 Å². The quantitative estimate of drug-likeness (QED) is 0.493. The zero-order chi connectivity index (χ0) is 10.1. The maximum Gasteiger partial charge on any atom is 0.323 e. The van der Waals surface area contributed by atoms with Gasteiger partial charge in [-0.15, -0.1) is 0 Å². The number of hydrogen-bond donors (Lipinski definition) is 2. The van der Waals surface area contributed by atoms with Crippen molar-refractivity contribution in [2.45, 2.75) is 44.1 Å². The molecule has 0 aromatic rings. The van der Waals surface area contributed by atoms with Gasteiger partial charge in [-0.25, -0.2) is 0 Å². The maximum atomic E-state index is 11.5. The lowest BCUT2D eigenvalue weighted by Gasteiger charge is -2.21. The summed E-state index contributed by atoms with van der Waals surface area (Å²) in [5, 5.41) is 3.35. The fourth-order valence-corrected chi connectivity index (χ4v) is 1.59. The molecule has 1 saturated heterocycles. The first-order valence-electron chi connectivity index (χ1n) is 4.53. The van der Waals surface area contributed by atoms with Gasteiger partial charge in [0, 0.05) is 11.8 Å². The van der Waals surface area contributed by atoms with Crippen LogP contribution in [0, 0.1) is 0 Å². The minimum Gasteiger partial charge on any atom is -0.459 e. The number of nitrogens with one attached hydrogen (secondary N) is 1. The summed E-state index contributed by atoms with van der Waals surface area (Å²) in [6, 6.07) is -0.165. The lowest BCUT2D eigenvalue weighted by molar-refractivity contribution is -0.156. The van der Waals surface area contributed by atoms with Crippen LogP contribution in [-0.2, 0) is 9.53 Å². The molecule has 13 heavy (non-hydrogen) atoms. The van der Waals surface area contributed by atoms with Crippen LogP contribution in [0.5, 0.6) is 0 Å². The first-order valence-corrected chi connectivity index (χ1v) is 5.04. The normalized spacial score (nSPS) is 28.9. The van der Waals surface area contributed by atoms with Crippen LogP contribution in [-0.4, -0.2) is 29.4 Å². The van der Waals surface area contributed by atoms with Crippen LogP contribution in [0.4, 0.5) is 0 Å². The van der Waals surface area contributed by atoms with E-state index in [2.05, 4.69) is 17.9 Å². The Balaban J connectivity index is 2.41. The highest BCUT2D eigenvalue weighted by Gasteiger charge is 2.30. The third-order valence-electron chi connectivity index (χ3n) is 1.80. The summed E-state index contributed by atoms with van der Waals surface area (Å²) in [7, 11) is 0. The highest BCUT2D eigenvalue weighted by molar-refractivity contribution is 7.81. The number of hydrogen-bond acceptors (Lipinski definition) is 4.